The van der Waals surface area contributed by atoms with Crippen LogP contribution in [0.5, 0.6) is 11.5 Å². The monoisotopic (exact) mass is 384 g/mol. The molecule has 6 heteroatoms. The number of carbonyl (C=O) groups excluding carboxylic acids is 2. The van der Waals surface area contributed by atoms with Crippen molar-refractivity contribution in [2.75, 3.05) is 13.7 Å². The first-order valence-electron chi connectivity index (χ1n) is 9.34. The molecule has 0 bridgehead atoms. The molecule has 2 aromatic carbocycles. The first kappa shape index (κ1) is 21.3. The van der Waals surface area contributed by atoms with Crippen molar-refractivity contribution in [3.05, 3.63) is 59.2 Å². The normalized spacial score (nSPS) is 12.6. The summed E-state index contributed by atoms with van der Waals surface area (Å²) in [4.78, 5) is 24.7. The number of rotatable bonds is 7. The van der Waals surface area contributed by atoms with E-state index in [2.05, 4.69) is 10.6 Å². The van der Waals surface area contributed by atoms with Gasteiger partial charge in [0.15, 0.2) is 0 Å². The molecule has 150 valence electrons. The number of carbonyl (C=O) groups is 2. The Morgan fingerprint density at radius 2 is 1.57 bits per heavy atom. The predicted molar refractivity (Wildman–Crippen MR) is 108 cm³/mol. The van der Waals surface area contributed by atoms with Gasteiger partial charge in [0.25, 0.3) is 0 Å². The van der Waals surface area contributed by atoms with Crippen LogP contribution in [0, 0.1) is 6.92 Å². The number of hydrogen-bond donors (Lipinski definition) is 2. The van der Waals surface area contributed by atoms with Gasteiger partial charge in [0, 0.05) is 5.56 Å². The smallest absolute Gasteiger partial charge is 0.309 e. The van der Waals surface area contributed by atoms with E-state index in [4.69, 9.17) is 9.47 Å². The molecule has 2 aromatic rings. The van der Waals surface area contributed by atoms with E-state index in [1.165, 1.54) is 0 Å². The van der Waals surface area contributed by atoms with Crippen molar-refractivity contribution in [1.29, 1.82) is 0 Å². The van der Waals surface area contributed by atoms with Gasteiger partial charge in [-0.3, -0.25) is 9.59 Å². The average Bonchev–Trinajstić information content (AvgIpc) is 2.69. The first-order chi connectivity index (χ1) is 13.3. The van der Waals surface area contributed by atoms with Crippen LogP contribution in [-0.4, -0.2) is 25.5 Å². The zero-order chi connectivity index (χ0) is 20.7. The molecule has 0 saturated heterocycles. The summed E-state index contributed by atoms with van der Waals surface area (Å²) < 4.78 is 10.8. The maximum absolute atomic E-state index is 12.4. The van der Waals surface area contributed by atoms with Crippen molar-refractivity contribution in [2.24, 2.45) is 0 Å². The third-order valence-corrected chi connectivity index (χ3v) is 4.45. The number of hydrogen-bond acceptors (Lipinski definition) is 4. The van der Waals surface area contributed by atoms with Gasteiger partial charge in [0.05, 0.1) is 25.8 Å². The quantitative estimate of drug-likeness (QED) is 0.717. The van der Waals surface area contributed by atoms with Gasteiger partial charge >= 0.3 is 11.8 Å². The molecule has 2 amide bonds. The highest BCUT2D eigenvalue weighted by Gasteiger charge is 2.21. The molecule has 0 radical (unpaired) electrons. The van der Waals surface area contributed by atoms with E-state index < -0.39 is 11.8 Å². The summed E-state index contributed by atoms with van der Waals surface area (Å²) in [5, 5.41) is 5.46. The van der Waals surface area contributed by atoms with Gasteiger partial charge < -0.3 is 20.1 Å². The molecule has 0 fully saturated rings. The molecule has 2 N–H and O–H groups in total. The summed E-state index contributed by atoms with van der Waals surface area (Å²) in [5.74, 6) is 0.0719. The second-order valence-corrected chi connectivity index (χ2v) is 6.64. The molecule has 2 unspecified atom stereocenters. The molecule has 2 atom stereocenters. The van der Waals surface area contributed by atoms with Crippen LogP contribution in [0.1, 0.15) is 49.5 Å². The van der Waals surface area contributed by atoms with Crippen LogP contribution in [0.25, 0.3) is 0 Å². The van der Waals surface area contributed by atoms with Gasteiger partial charge in [0.1, 0.15) is 11.5 Å². The first-order valence-corrected chi connectivity index (χ1v) is 9.34. The van der Waals surface area contributed by atoms with Crippen LogP contribution in [0.15, 0.2) is 42.5 Å². The predicted octanol–water partition coefficient (Wildman–Crippen LogP) is 3.46. The van der Waals surface area contributed by atoms with Crippen LogP contribution in [0.2, 0.25) is 0 Å². The lowest BCUT2D eigenvalue weighted by molar-refractivity contribution is -0.140. The maximum atomic E-state index is 12.4. The number of benzene rings is 2. The Bertz CT molecular complexity index is 818. The number of nitrogens with one attached hydrogen (secondary N) is 2. The van der Waals surface area contributed by atoms with Crippen LogP contribution in [-0.2, 0) is 9.59 Å². The Morgan fingerprint density at radius 3 is 2.14 bits per heavy atom. The minimum Gasteiger partial charge on any atom is -0.497 e. The van der Waals surface area contributed by atoms with Gasteiger partial charge in [0.2, 0.25) is 0 Å². The molecule has 6 nitrogen and oxygen atoms in total. The molecule has 28 heavy (non-hydrogen) atoms. The zero-order valence-corrected chi connectivity index (χ0v) is 17.0. The topological polar surface area (TPSA) is 76.7 Å². The lowest BCUT2D eigenvalue weighted by Crippen LogP contribution is -2.41. The Kier molecular flexibility index (Phi) is 7.44. The lowest BCUT2D eigenvalue weighted by Gasteiger charge is -2.19. The fourth-order valence-corrected chi connectivity index (χ4v) is 2.87. The van der Waals surface area contributed by atoms with Crippen molar-refractivity contribution in [1.82, 2.24) is 10.6 Å². The number of amides is 2. The van der Waals surface area contributed by atoms with Gasteiger partial charge in [-0.2, -0.15) is 0 Å². The Labute approximate surface area is 166 Å². The van der Waals surface area contributed by atoms with E-state index in [9.17, 15) is 9.59 Å². The molecule has 0 heterocycles. The van der Waals surface area contributed by atoms with Crippen molar-refractivity contribution in [3.8, 4) is 11.5 Å². The fourth-order valence-electron chi connectivity index (χ4n) is 2.87. The van der Waals surface area contributed by atoms with Crippen LogP contribution >= 0.6 is 0 Å². The zero-order valence-electron chi connectivity index (χ0n) is 17.0. The summed E-state index contributed by atoms with van der Waals surface area (Å²) in [5.41, 5.74) is 2.77. The van der Waals surface area contributed by atoms with Crippen LogP contribution in [0.3, 0.4) is 0 Å². The lowest BCUT2D eigenvalue weighted by atomic mass is 10.0. The second kappa shape index (κ2) is 9.78. The van der Waals surface area contributed by atoms with Gasteiger partial charge in [-0.25, -0.2) is 0 Å². The van der Waals surface area contributed by atoms with Crippen molar-refractivity contribution in [3.63, 3.8) is 0 Å². The second-order valence-electron chi connectivity index (χ2n) is 6.64. The minimum absolute atomic E-state index is 0.308. The summed E-state index contributed by atoms with van der Waals surface area (Å²) in [7, 11) is 1.59. The number of ether oxygens (including phenoxy) is 2. The summed E-state index contributed by atoms with van der Waals surface area (Å²) in [6.45, 7) is 8.05. The molecule has 0 aromatic heterocycles. The van der Waals surface area contributed by atoms with Gasteiger partial charge in [-0.1, -0.05) is 29.8 Å². The number of methoxy groups -OCH3 is 1. The van der Waals surface area contributed by atoms with E-state index in [0.717, 1.165) is 22.4 Å². The van der Waals surface area contributed by atoms with Gasteiger partial charge in [-0.15, -0.1) is 0 Å². The van der Waals surface area contributed by atoms with E-state index in [1.54, 1.807) is 7.11 Å². The molecule has 0 saturated carbocycles. The summed E-state index contributed by atoms with van der Waals surface area (Å²) in [6.07, 6.45) is 0. The van der Waals surface area contributed by atoms with Crippen molar-refractivity contribution >= 4 is 11.8 Å². The van der Waals surface area contributed by atoms with E-state index in [1.807, 2.05) is 70.2 Å². The molecule has 0 aliphatic heterocycles. The Hall–Kier alpha value is -3.02. The largest absolute Gasteiger partial charge is 0.497 e. The van der Waals surface area contributed by atoms with E-state index in [0.29, 0.717) is 12.4 Å². The molecule has 2 rings (SSSR count). The fraction of sp³-hybridized carbons (Fsp3) is 0.364. The van der Waals surface area contributed by atoms with E-state index >= 15 is 0 Å². The highest BCUT2D eigenvalue weighted by Crippen LogP contribution is 2.26. The molecular weight excluding hydrogens is 356 g/mol. The van der Waals surface area contributed by atoms with Crippen molar-refractivity contribution < 1.29 is 19.1 Å². The molecular formula is C22H28N2O4. The SMILES string of the molecule is CCOc1ccc(C)cc1C(C)NC(=O)C(=O)NC(C)c1ccc(OC)cc1. The van der Waals surface area contributed by atoms with Crippen molar-refractivity contribution in [2.45, 2.75) is 39.8 Å². The van der Waals surface area contributed by atoms with Crippen LogP contribution in [0.4, 0.5) is 0 Å². The van der Waals surface area contributed by atoms with Gasteiger partial charge in [-0.05, 0) is 51.5 Å². The highest BCUT2D eigenvalue weighted by molar-refractivity contribution is 6.35. The maximum Gasteiger partial charge on any atom is 0.309 e. The third kappa shape index (κ3) is 5.49. The summed E-state index contributed by atoms with van der Waals surface area (Å²) in [6, 6.07) is 12.4. The van der Waals surface area contributed by atoms with E-state index in [-0.39, 0.29) is 12.1 Å². The molecule has 0 aliphatic rings. The Morgan fingerprint density at radius 1 is 0.964 bits per heavy atom. The highest BCUT2D eigenvalue weighted by atomic mass is 16.5. The summed E-state index contributed by atoms with van der Waals surface area (Å²) >= 11 is 0. The molecule has 0 aliphatic carbocycles. The van der Waals surface area contributed by atoms with Crippen LogP contribution < -0.4 is 20.1 Å². The third-order valence-electron chi connectivity index (χ3n) is 4.45. The number of aryl methyl sites for hydroxylation is 1. The standard InChI is InChI=1S/C22H28N2O4/c1-6-28-20-12-7-14(2)13-19(20)16(4)24-22(26)21(25)23-15(3)17-8-10-18(27-5)11-9-17/h7-13,15-16H,6H2,1-5H3,(H,23,25)(H,24,26). The minimum atomic E-state index is -0.684. The average molecular weight is 384 g/mol. The Balaban J connectivity index is 2.01. The molecule has 0 spiro atoms.